The van der Waals surface area contributed by atoms with E-state index >= 15 is 0 Å². The molecule has 0 spiro atoms. The van der Waals surface area contributed by atoms with E-state index in [-0.39, 0.29) is 22.7 Å². The van der Waals surface area contributed by atoms with Crippen LogP contribution in [0.2, 0.25) is 0 Å². The summed E-state index contributed by atoms with van der Waals surface area (Å²) in [5, 5.41) is 3.00. The predicted molar refractivity (Wildman–Crippen MR) is 79.7 cm³/mol. The van der Waals surface area contributed by atoms with Crippen LogP contribution in [0.5, 0.6) is 0 Å². The Hall–Kier alpha value is -1.08. The monoisotopic (exact) mass is 346 g/mol. The fourth-order valence-corrected chi connectivity index (χ4v) is 3.26. The fourth-order valence-electron chi connectivity index (χ4n) is 1.92. The molecule has 1 fully saturated rings. The lowest BCUT2D eigenvalue weighted by molar-refractivity contribution is -0.113. The van der Waals surface area contributed by atoms with E-state index in [9.17, 15) is 13.2 Å². The van der Waals surface area contributed by atoms with Crippen molar-refractivity contribution in [1.82, 2.24) is 0 Å². The number of hydrogen-bond acceptors (Lipinski definition) is 4. The molecule has 1 aliphatic heterocycles. The average Bonchev–Trinajstić information content (AvgIpc) is 2.40. The van der Waals surface area contributed by atoms with E-state index in [2.05, 4.69) is 21.2 Å². The van der Waals surface area contributed by atoms with E-state index in [1.54, 1.807) is 0 Å². The van der Waals surface area contributed by atoms with Crippen molar-refractivity contribution in [3.05, 3.63) is 24.3 Å². The van der Waals surface area contributed by atoms with Crippen molar-refractivity contribution in [3.8, 4) is 0 Å². The standard InChI is InChI=1S/C12H15BrN2O3S/c13-9-12(16)14-10-1-3-11(4-2-10)15-5-7-19(17,18)8-6-15/h1-4H,5-9H2,(H,14,16). The maximum Gasteiger partial charge on any atom is 0.235 e. The summed E-state index contributed by atoms with van der Waals surface area (Å²) in [6.45, 7) is 1.05. The molecule has 0 unspecified atom stereocenters. The Morgan fingerprint density at radius 3 is 2.32 bits per heavy atom. The number of amides is 1. The highest BCUT2D eigenvalue weighted by atomic mass is 79.9. The lowest BCUT2D eigenvalue weighted by atomic mass is 10.2. The van der Waals surface area contributed by atoms with Crippen molar-refractivity contribution in [2.24, 2.45) is 0 Å². The Morgan fingerprint density at radius 1 is 1.21 bits per heavy atom. The van der Waals surface area contributed by atoms with Gasteiger partial charge in [-0.15, -0.1) is 0 Å². The molecular formula is C12H15BrN2O3S. The summed E-state index contributed by atoms with van der Waals surface area (Å²) in [5.74, 6) is 0.307. The number of carbonyl (C=O) groups excluding carboxylic acids is 1. The van der Waals surface area contributed by atoms with Gasteiger partial charge in [-0.3, -0.25) is 4.79 Å². The molecule has 0 atom stereocenters. The minimum absolute atomic E-state index is 0.100. The van der Waals surface area contributed by atoms with Crippen LogP contribution >= 0.6 is 15.9 Å². The highest BCUT2D eigenvalue weighted by Gasteiger charge is 2.21. The summed E-state index contributed by atoms with van der Waals surface area (Å²) in [5.41, 5.74) is 1.71. The summed E-state index contributed by atoms with van der Waals surface area (Å²) in [6.07, 6.45) is 0. The summed E-state index contributed by atoms with van der Waals surface area (Å²) in [7, 11) is -2.86. The van der Waals surface area contributed by atoms with Crippen molar-refractivity contribution < 1.29 is 13.2 Å². The average molecular weight is 347 g/mol. The number of carbonyl (C=O) groups is 1. The molecule has 0 aliphatic carbocycles. The van der Waals surface area contributed by atoms with Gasteiger partial charge in [0.05, 0.1) is 16.8 Å². The fraction of sp³-hybridized carbons (Fsp3) is 0.417. The van der Waals surface area contributed by atoms with E-state index in [1.165, 1.54) is 0 Å². The first-order valence-corrected chi connectivity index (χ1v) is 8.86. The zero-order valence-electron chi connectivity index (χ0n) is 10.3. The quantitative estimate of drug-likeness (QED) is 0.836. The van der Waals surface area contributed by atoms with Crippen molar-refractivity contribution in [1.29, 1.82) is 0 Å². The van der Waals surface area contributed by atoms with Gasteiger partial charge in [0.2, 0.25) is 5.91 Å². The Balaban J connectivity index is 2.01. The second-order valence-electron chi connectivity index (χ2n) is 4.37. The molecule has 5 nitrogen and oxygen atoms in total. The van der Waals surface area contributed by atoms with Gasteiger partial charge in [-0.05, 0) is 24.3 Å². The van der Waals surface area contributed by atoms with E-state index < -0.39 is 9.84 Å². The van der Waals surface area contributed by atoms with E-state index in [4.69, 9.17) is 0 Å². The molecular weight excluding hydrogens is 332 g/mol. The predicted octanol–water partition coefficient (Wildman–Crippen LogP) is 1.25. The largest absolute Gasteiger partial charge is 0.369 e. The molecule has 1 aromatic rings. The first-order chi connectivity index (χ1) is 9.00. The summed E-state index contributed by atoms with van der Waals surface area (Å²) < 4.78 is 22.7. The highest BCUT2D eigenvalue weighted by molar-refractivity contribution is 9.09. The number of alkyl halides is 1. The summed E-state index contributed by atoms with van der Waals surface area (Å²) in [4.78, 5) is 13.2. The van der Waals surface area contributed by atoms with Crippen LogP contribution in [0.4, 0.5) is 11.4 Å². The third kappa shape index (κ3) is 3.94. The Morgan fingerprint density at radius 2 is 1.79 bits per heavy atom. The maximum atomic E-state index is 11.4. The number of hydrogen-bond donors (Lipinski definition) is 1. The first-order valence-electron chi connectivity index (χ1n) is 5.91. The number of sulfone groups is 1. The van der Waals surface area contributed by atoms with Crippen LogP contribution in [0.25, 0.3) is 0 Å². The van der Waals surface area contributed by atoms with Gasteiger partial charge >= 0.3 is 0 Å². The summed E-state index contributed by atoms with van der Waals surface area (Å²) in [6, 6.07) is 7.42. The SMILES string of the molecule is O=C(CBr)Nc1ccc(N2CCS(=O)(=O)CC2)cc1. The molecule has 1 saturated heterocycles. The minimum atomic E-state index is -2.86. The number of nitrogens with one attached hydrogen (secondary N) is 1. The molecule has 104 valence electrons. The van der Waals surface area contributed by atoms with E-state index in [1.807, 2.05) is 29.2 Å². The normalized spacial score (nSPS) is 18.1. The van der Waals surface area contributed by atoms with Gasteiger partial charge < -0.3 is 10.2 Å². The van der Waals surface area contributed by atoms with Crippen LogP contribution in [0.3, 0.4) is 0 Å². The van der Waals surface area contributed by atoms with E-state index in [0.717, 1.165) is 11.4 Å². The number of halogens is 1. The third-order valence-electron chi connectivity index (χ3n) is 2.98. The molecule has 0 saturated carbocycles. The molecule has 2 rings (SSSR count). The molecule has 1 aliphatic rings. The number of anilines is 2. The van der Waals surface area contributed by atoms with Crippen LogP contribution in [0, 0.1) is 0 Å². The molecule has 1 heterocycles. The van der Waals surface area contributed by atoms with Crippen molar-refractivity contribution in [2.45, 2.75) is 0 Å². The van der Waals surface area contributed by atoms with Crippen LogP contribution in [-0.2, 0) is 14.6 Å². The highest BCUT2D eigenvalue weighted by Crippen LogP contribution is 2.20. The summed E-state index contributed by atoms with van der Waals surface area (Å²) >= 11 is 3.08. The van der Waals surface area contributed by atoms with Crippen molar-refractivity contribution >= 4 is 43.0 Å². The molecule has 1 amide bonds. The molecule has 0 aromatic heterocycles. The topological polar surface area (TPSA) is 66.5 Å². The van der Waals surface area contributed by atoms with Gasteiger partial charge in [0.15, 0.2) is 9.84 Å². The van der Waals surface area contributed by atoms with Gasteiger partial charge in [0.25, 0.3) is 0 Å². The van der Waals surface area contributed by atoms with Gasteiger partial charge in [-0.25, -0.2) is 8.42 Å². The second kappa shape index (κ2) is 5.92. The zero-order chi connectivity index (χ0) is 13.9. The van der Waals surface area contributed by atoms with Crippen LogP contribution < -0.4 is 10.2 Å². The number of nitrogens with zero attached hydrogens (tertiary/aromatic N) is 1. The number of rotatable bonds is 3. The van der Waals surface area contributed by atoms with Gasteiger partial charge in [-0.1, -0.05) is 15.9 Å². The van der Waals surface area contributed by atoms with Crippen molar-refractivity contribution in [3.63, 3.8) is 0 Å². The van der Waals surface area contributed by atoms with Crippen LogP contribution in [0.15, 0.2) is 24.3 Å². The molecule has 19 heavy (non-hydrogen) atoms. The molecule has 1 N–H and O–H groups in total. The third-order valence-corrected chi connectivity index (χ3v) is 5.10. The van der Waals surface area contributed by atoms with Crippen LogP contribution in [-0.4, -0.2) is 44.3 Å². The Kier molecular flexibility index (Phi) is 4.46. The van der Waals surface area contributed by atoms with Gasteiger partial charge in [0.1, 0.15) is 0 Å². The molecule has 1 aromatic carbocycles. The minimum Gasteiger partial charge on any atom is -0.369 e. The van der Waals surface area contributed by atoms with Crippen LogP contribution in [0.1, 0.15) is 0 Å². The van der Waals surface area contributed by atoms with E-state index in [0.29, 0.717) is 13.1 Å². The number of benzene rings is 1. The lowest BCUT2D eigenvalue weighted by Crippen LogP contribution is -2.40. The Labute approximate surface area is 121 Å². The first kappa shape index (κ1) is 14.3. The molecule has 7 heteroatoms. The smallest absolute Gasteiger partial charge is 0.235 e. The second-order valence-corrected chi connectivity index (χ2v) is 7.23. The van der Waals surface area contributed by atoms with Gasteiger partial charge in [0, 0.05) is 24.5 Å². The molecule has 0 radical (unpaired) electrons. The maximum absolute atomic E-state index is 11.4. The van der Waals surface area contributed by atoms with Crippen molar-refractivity contribution in [2.75, 3.05) is 40.1 Å². The zero-order valence-corrected chi connectivity index (χ0v) is 12.7. The lowest BCUT2D eigenvalue weighted by Gasteiger charge is -2.28. The Bertz CT molecular complexity index is 543. The van der Waals surface area contributed by atoms with Gasteiger partial charge in [-0.2, -0.15) is 0 Å². The molecule has 0 bridgehead atoms.